The summed E-state index contributed by atoms with van der Waals surface area (Å²) in [6.45, 7) is -1.21. The molecule has 9 heavy (non-hydrogen) atoms. The smallest absolute Gasteiger partial charge is 0.0856 e. The van der Waals surface area contributed by atoms with Crippen LogP contribution in [-0.4, -0.2) is 49.1 Å². The van der Waals surface area contributed by atoms with Crippen LogP contribution in [0.3, 0.4) is 0 Å². The van der Waals surface area contributed by atoms with Gasteiger partial charge in [0.05, 0.1) is 33.8 Å². The van der Waals surface area contributed by atoms with Crippen molar-refractivity contribution in [3.63, 3.8) is 0 Å². The van der Waals surface area contributed by atoms with Crippen molar-refractivity contribution in [3.05, 3.63) is 0 Å². The Morgan fingerprint density at radius 2 is 1.22 bits per heavy atom. The highest BCUT2D eigenvalue weighted by molar-refractivity contribution is 5.75. The lowest BCUT2D eigenvalue weighted by atomic mass is 10.1. The van der Waals surface area contributed by atoms with Crippen molar-refractivity contribution in [2.24, 2.45) is 5.73 Å². The summed E-state index contributed by atoms with van der Waals surface area (Å²) in [7, 11) is 0. The number of nitrogens with two attached hydrogens (primary N) is 1. The van der Waals surface area contributed by atoms with E-state index in [1.54, 1.807) is 0 Å². The summed E-state index contributed by atoms with van der Waals surface area (Å²) < 4.78 is 0. The number of aliphatic hydroxyl groups excluding tert-OH is 3. The zero-order valence-corrected chi connectivity index (χ0v) is 4.54. The fourth-order valence-corrected chi connectivity index (χ4v) is 0.150. The van der Waals surface area contributed by atoms with Gasteiger partial charge in [0.15, 0.2) is 0 Å². The molecule has 5 N–H and O–H groups in total. The van der Waals surface area contributed by atoms with Crippen molar-refractivity contribution >= 4 is 8.41 Å². The third-order valence-electron chi connectivity index (χ3n) is 0.945. The second kappa shape index (κ2) is 4.75. The normalized spacial score (nSPS) is 10.7. The van der Waals surface area contributed by atoms with E-state index in [-0.39, 0.29) is 8.41 Å². The minimum absolute atomic E-state index is 0. The predicted molar refractivity (Wildman–Crippen MR) is 38.1 cm³/mol. The van der Waals surface area contributed by atoms with Gasteiger partial charge in [-0.1, -0.05) is 0 Å². The number of hydrogen-bond donors (Lipinski definition) is 4. The summed E-state index contributed by atoms with van der Waals surface area (Å²) in [6.07, 6.45) is 0. The molecule has 0 amide bonds. The fourth-order valence-electron chi connectivity index (χ4n) is 0.150. The van der Waals surface area contributed by atoms with Gasteiger partial charge in [-0.05, 0) is 0 Å². The summed E-state index contributed by atoms with van der Waals surface area (Å²) in [6, 6.07) is 0. The van der Waals surface area contributed by atoms with E-state index >= 15 is 0 Å². The Labute approximate surface area is 55.9 Å². The first kappa shape index (κ1) is 11.7. The molecule has 0 aromatic heterocycles. The maximum absolute atomic E-state index is 8.34. The van der Waals surface area contributed by atoms with E-state index in [0.29, 0.717) is 0 Å². The standard InChI is InChI=1S/C4H11NO3.BH3/c5-4(1-6,2-7)3-8;/h6-8H,1-3,5H2;1H3. The van der Waals surface area contributed by atoms with Gasteiger partial charge in [0.25, 0.3) is 0 Å². The Bertz CT molecular complexity index is 58.6. The van der Waals surface area contributed by atoms with Gasteiger partial charge in [0.1, 0.15) is 0 Å². The summed E-state index contributed by atoms with van der Waals surface area (Å²) in [5, 5.41) is 25.0. The molecule has 0 aromatic rings. The Kier molecular flexibility index (Phi) is 6.16. The Morgan fingerprint density at radius 3 is 1.22 bits per heavy atom. The molecular formula is C4H14BNO3. The largest absolute Gasteiger partial charge is 0.394 e. The molecule has 4 nitrogen and oxygen atoms in total. The van der Waals surface area contributed by atoms with Crippen LogP contribution >= 0.6 is 0 Å². The second-order valence-electron chi connectivity index (χ2n) is 1.84. The zero-order chi connectivity index (χ0) is 6.62. The van der Waals surface area contributed by atoms with Gasteiger partial charge in [-0.3, -0.25) is 0 Å². The lowest BCUT2D eigenvalue weighted by Gasteiger charge is -2.20. The van der Waals surface area contributed by atoms with Crippen LogP contribution in [0.15, 0.2) is 0 Å². The van der Waals surface area contributed by atoms with Crippen molar-refractivity contribution in [2.75, 3.05) is 19.8 Å². The molecule has 0 fully saturated rings. The Hall–Kier alpha value is -0.0951. The van der Waals surface area contributed by atoms with Crippen LogP contribution in [0.5, 0.6) is 0 Å². The highest BCUT2D eigenvalue weighted by Gasteiger charge is 2.20. The molecule has 0 radical (unpaired) electrons. The summed E-state index contributed by atoms with van der Waals surface area (Å²) >= 11 is 0. The van der Waals surface area contributed by atoms with Crippen LogP contribution in [0.2, 0.25) is 0 Å². The number of hydrogen-bond acceptors (Lipinski definition) is 4. The lowest BCUT2D eigenvalue weighted by Crippen LogP contribution is -2.50. The highest BCUT2D eigenvalue weighted by atomic mass is 16.3. The molecule has 0 aromatic carbocycles. The van der Waals surface area contributed by atoms with Crippen LogP contribution in [0.4, 0.5) is 0 Å². The average Bonchev–Trinajstić information content (AvgIpc) is 1.87. The molecule has 0 aliphatic rings. The third-order valence-corrected chi connectivity index (χ3v) is 0.945. The average molecular weight is 135 g/mol. The Morgan fingerprint density at radius 1 is 1.00 bits per heavy atom. The molecule has 0 saturated carbocycles. The predicted octanol–water partition coefficient (Wildman–Crippen LogP) is -3.52. The highest BCUT2D eigenvalue weighted by Crippen LogP contribution is 1.93. The first-order chi connectivity index (χ1) is 3.68. The van der Waals surface area contributed by atoms with Crippen LogP contribution in [0.25, 0.3) is 0 Å². The second-order valence-corrected chi connectivity index (χ2v) is 1.84. The molecule has 0 aliphatic heterocycles. The van der Waals surface area contributed by atoms with Gasteiger partial charge in [0, 0.05) is 0 Å². The summed E-state index contributed by atoms with van der Waals surface area (Å²) in [4.78, 5) is 0. The van der Waals surface area contributed by atoms with Crippen LogP contribution in [-0.2, 0) is 0 Å². The van der Waals surface area contributed by atoms with Crippen molar-refractivity contribution in [1.82, 2.24) is 0 Å². The van der Waals surface area contributed by atoms with E-state index in [9.17, 15) is 0 Å². The quantitative estimate of drug-likeness (QED) is 0.302. The topological polar surface area (TPSA) is 86.7 Å². The van der Waals surface area contributed by atoms with Crippen molar-refractivity contribution in [1.29, 1.82) is 0 Å². The fraction of sp³-hybridized carbons (Fsp3) is 1.00. The van der Waals surface area contributed by atoms with Crippen molar-refractivity contribution < 1.29 is 15.3 Å². The van der Waals surface area contributed by atoms with Gasteiger partial charge >= 0.3 is 0 Å². The molecule has 0 bridgehead atoms. The zero-order valence-electron chi connectivity index (χ0n) is 4.54. The molecule has 0 rings (SSSR count). The first-order valence-electron chi connectivity index (χ1n) is 2.30. The van der Waals surface area contributed by atoms with E-state index in [2.05, 4.69) is 0 Å². The molecule has 0 atom stereocenters. The van der Waals surface area contributed by atoms with Gasteiger partial charge in [-0.25, -0.2) is 0 Å². The number of aliphatic hydroxyl groups is 3. The lowest BCUT2D eigenvalue weighted by molar-refractivity contribution is 0.0698. The van der Waals surface area contributed by atoms with Crippen LogP contribution in [0.1, 0.15) is 0 Å². The minimum atomic E-state index is -1.21. The summed E-state index contributed by atoms with van der Waals surface area (Å²) in [5.41, 5.74) is 3.94. The van der Waals surface area contributed by atoms with E-state index in [1.165, 1.54) is 0 Å². The molecule has 0 unspecified atom stereocenters. The maximum Gasteiger partial charge on any atom is 0.0856 e. The molecule has 0 spiro atoms. The van der Waals surface area contributed by atoms with Gasteiger partial charge in [0.2, 0.25) is 0 Å². The van der Waals surface area contributed by atoms with E-state index in [0.717, 1.165) is 0 Å². The van der Waals surface area contributed by atoms with Crippen LogP contribution < -0.4 is 5.73 Å². The maximum atomic E-state index is 8.34. The molecular weight excluding hydrogens is 121 g/mol. The first-order valence-corrected chi connectivity index (χ1v) is 2.30. The summed E-state index contributed by atoms with van der Waals surface area (Å²) in [5.74, 6) is 0. The molecule has 5 heteroatoms. The van der Waals surface area contributed by atoms with Gasteiger partial charge < -0.3 is 21.1 Å². The van der Waals surface area contributed by atoms with Gasteiger partial charge in [-0.15, -0.1) is 0 Å². The molecule has 0 aliphatic carbocycles. The SMILES string of the molecule is B.NC(CO)(CO)CO. The van der Waals surface area contributed by atoms with Crippen molar-refractivity contribution in [3.8, 4) is 0 Å². The van der Waals surface area contributed by atoms with E-state index in [4.69, 9.17) is 21.1 Å². The third kappa shape index (κ3) is 3.48. The van der Waals surface area contributed by atoms with Crippen LogP contribution in [0, 0.1) is 0 Å². The molecule has 0 heterocycles. The Balaban J connectivity index is 0. The van der Waals surface area contributed by atoms with E-state index in [1.807, 2.05) is 0 Å². The van der Waals surface area contributed by atoms with Crippen molar-refractivity contribution in [2.45, 2.75) is 5.54 Å². The number of rotatable bonds is 3. The monoisotopic (exact) mass is 135 g/mol. The molecule has 56 valence electrons. The van der Waals surface area contributed by atoms with Gasteiger partial charge in [-0.2, -0.15) is 0 Å². The van der Waals surface area contributed by atoms with E-state index < -0.39 is 25.4 Å². The molecule has 0 saturated heterocycles. The minimum Gasteiger partial charge on any atom is -0.394 e.